The summed E-state index contributed by atoms with van der Waals surface area (Å²) in [7, 11) is -3.63. The number of thiazole rings is 1. The molecule has 0 amide bonds. The van der Waals surface area contributed by atoms with Crippen molar-refractivity contribution in [2.24, 2.45) is 0 Å². The highest BCUT2D eigenvalue weighted by atomic mass is 32.2. The molecule has 8 heteroatoms. The number of rotatable bonds is 6. The van der Waals surface area contributed by atoms with Crippen LogP contribution >= 0.6 is 11.3 Å². The average Bonchev–Trinajstić information content (AvgIpc) is 2.91. The van der Waals surface area contributed by atoms with Crippen molar-refractivity contribution in [1.29, 1.82) is 0 Å². The molecule has 0 bridgehead atoms. The van der Waals surface area contributed by atoms with Crippen molar-refractivity contribution in [2.45, 2.75) is 18.5 Å². The normalized spacial score (nSPS) is 11.4. The Bertz CT molecular complexity index is 626. The second-order valence-electron chi connectivity index (χ2n) is 3.68. The van der Waals surface area contributed by atoms with Crippen LogP contribution in [0.2, 0.25) is 0 Å². The van der Waals surface area contributed by atoms with Gasteiger partial charge in [0.1, 0.15) is 0 Å². The fourth-order valence-corrected chi connectivity index (χ4v) is 3.23. The van der Waals surface area contributed by atoms with E-state index in [0.29, 0.717) is 12.2 Å². The zero-order valence-corrected chi connectivity index (χ0v) is 12.0. The molecule has 0 saturated carbocycles. The van der Waals surface area contributed by atoms with Gasteiger partial charge in [0.25, 0.3) is 10.0 Å². The molecule has 2 rings (SSSR count). The number of pyridine rings is 1. The zero-order chi connectivity index (χ0) is 13.7. The minimum atomic E-state index is -3.63. The van der Waals surface area contributed by atoms with E-state index in [1.165, 1.54) is 17.5 Å². The molecule has 0 spiro atoms. The number of sulfonamides is 1. The van der Waals surface area contributed by atoms with Crippen molar-refractivity contribution in [2.75, 3.05) is 11.9 Å². The Balaban J connectivity index is 2.19. The van der Waals surface area contributed by atoms with Crippen LogP contribution in [0.1, 0.15) is 11.8 Å². The van der Waals surface area contributed by atoms with E-state index < -0.39 is 10.0 Å². The van der Waals surface area contributed by atoms with Crippen LogP contribution in [0, 0.1) is 0 Å². The Labute approximate surface area is 116 Å². The summed E-state index contributed by atoms with van der Waals surface area (Å²) in [6.07, 6.45) is 3.10. The predicted octanol–water partition coefficient (Wildman–Crippen LogP) is 1.45. The van der Waals surface area contributed by atoms with E-state index in [-0.39, 0.29) is 11.6 Å². The van der Waals surface area contributed by atoms with Crippen LogP contribution in [0.5, 0.6) is 0 Å². The van der Waals surface area contributed by atoms with Gasteiger partial charge in [0, 0.05) is 30.4 Å². The van der Waals surface area contributed by atoms with Gasteiger partial charge >= 0.3 is 0 Å². The topological polar surface area (TPSA) is 84.0 Å². The first-order valence-corrected chi connectivity index (χ1v) is 8.05. The van der Waals surface area contributed by atoms with Gasteiger partial charge in [-0.1, -0.05) is 0 Å². The number of aromatic nitrogens is 2. The lowest BCUT2D eigenvalue weighted by Crippen LogP contribution is -2.25. The van der Waals surface area contributed by atoms with Gasteiger partial charge in [-0.2, -0.15) is 0 Å². The molecule has 2 heterocycles. The average molecular weight is 298 g/mol. The minimum Gasteiger partial charge on any atom is -0.383 e. The highest BCUT2D eigenvalue weighted by molar-refractivity contribution is 7.89. The summed E-state index contributed by atoms with van der Waals surface area (Å²) in [5.74, 6) is 0. The Morgan fingerprint density at radius 2 is 2.26 bits per heavy atom. The monoisotopic (exact) mass is 298 g/mol. The van der Waals surface area contributed by atoms with E-state index in [4.69, 9.17) is 0 Å². The number of hydrogen-bond donors (Lipinski definition) is 2. The molecule has 6 nitrogen and oxygen atoms in total. The third kappa shape index (κ3) is 3.49. The standard InChI is InChI=1S/C11H14N4O2S2/c1-2-13-10-4-3-5-14-11(10)19(16,17)15-7-9-6-12-8-18-9/h3-6,8,13,15H,2,7H2,1H3. The molecule has 0 aliphatic carbocycles. The molecular weight excluding hydrogens is 284 g/mol. The van der Waals surface area contributed by atoms with Crippen LogP contribution in [0.3, 0.4) is 0 Å². The van der Waals surface area contributed by atoms with Crippen LogP contribution in [-0.4, -0.2) is 24.9 Å². The first kappa shape index (κ1) is 13.9. The number of nitrogens with one attached hydrogen (secondary N) is 2. The largest absolute Gasteiger partial charge is 0.383 e. The quantitative estimate of drug-likeness (QED) is 0.843. The van der Waals surface area contributed by atoms with E-state index in [1.807, 2.05) is 6.92 Å². The van der Waals surface area contributed by atoms with Crippen LogP contribution in [0.4, 0.5) is 5.69 Å². The van der Waals surface area contributed by atoms with Crippen LogP contribution in [0.25, 0.3) is 0 Å². The van der Waals surface area contributed by atoms with Gasteiger partial charge in [0.05, 0.1) is 11.2 Å². The summed E-state index contributed by atoms with van der Waals surface area (Å²) in [6, 6.07) is 3.39. The van der Waals surface area contributed by atoms with E-state index in [2.05, 4.69) is 20.0 Å². The lowest BCUT2D eigenvalue weighted by Gasteiger charge is -2.10. The fourth-order valence-electron chi connectivity index (χ4n) is 1.49. The fraction of sp³-hybridized carbons (Fsp3) is 0.273. The molecular formula is C11H14N4O2S2. The molecule has 0 fully saturated rings. The third-order valence-electron chi connectivity index (χ3n) is 2.31. The minimum absolute atomic E-state index is 0.0152. The summed E-state index contributed by atoms with van der Waals surface area (Å²) in [6.45, 7) is 2.74. The third-order valence-corrected chi connectivity index (χ3v) is 4.45. The Kier molecular flexibility index (Phi) is 4.46. The van der Waals surface area contributed by atoms with Gasteiger partial charge in [-0.15, -0.1) is 11.3 Å². The SMILES string of the molecule is CCNc1cccnc1S(=O)(=O)NCc1cncs1. The van der Waals surface area contributed by atoms with Gasteiger partial charge in [-0.3, -0.25) is 4.98 Å². The van der Waals surface area contributed by atoms with Gasteiger partial charge < -0.3 is 5.32 Å². The number of hydrogen-bond acceptors (Lipinski definition) is 6. The van der Waals surface area contributed by atoms with Crippen molar-refractivity contribution in [3.63, 3.8) is 0 Å². The number of anilines is 1. The summed E-state index contributed by atoms with van der Waals surface area (Å²) in [5, 5.41) is 3.00. The highest BCUT2D eigenvalue weighted by Crippen LogP contribution is 2.18. The van der Waals surface area contributed by atoms with Gasteiger partial charge in [0.2, 0.25) is 0 Å². The van der Waals surface area contributed by atoms with Crippen molar-refractivity contribution in [1.82, 2.24) is 14.7 Å². The summed E-state index contributed by atoms with van der Waals surface area (Å²) in [4.78, 5) is 8.69. The van der Waals surface area contributed by atoms with Gasteiger partial charge in [0.15, 0.2) is 5.03 Å². The van der Waals surface area contributed by atoms with Crippen molar-refractivity contribution >= 4 is 27.0 Å². The molecule has 0 aliphatic heterocycles. The van der Waals surface area contributed by atoms with Crippen LogP contribution in [0.15, 0.2) is 35.1 Å². The van der Waals surface area contributed by atoms with Gasteiger partial charge in [-0.05, 0) is 19.1 Å². The summed E-state index contributed by atoms with van der Waals surface area (Å²) in [5.41, 5.74) is 2.16. The molecule has 2 N–H and O–H groups in total. The first-order valence-electron chi connectivity index (χ1n) is 5.69. The Morgan fingerprint density at radius 1 is 1.42 bits per heavy atom. The predicted molar refractivity (Wildman–Crippen MR) is 74.5 cm³/mol. The molecule has 0 unspecified atom stereocenters. The van der Waals surface area contributed by atoms with E-state index >= 15 is 0 Å². The van der Waals surface area contributed by atoms with E-state index in [1.54, 1.807) is 23.8 Å². The van der Waals surface area contributed by atoms with E-state index in [0.717, 1.165) is 4.88 Å². The smallest absolute Gasteiger partial charge is 0.260 e. The maximum Gasteiger partial charge on any atom is 0.260 e. The maximum atomic E-state index is 12.2. The molecule has 19 heavy (non-hydrogen) atoms. The van der Waals surface area contributed by atoms with Crippen LogP contribution < -0.4 is 10.0 Å². The molecule has 0 aliphatic rings. The molecule has 0 atom stereocenters. The number of nitrogens with zero attached hydrogens (tertiary/aromatic N) is 2. The second kappa shape index (κ2) is 6.09. The molecule has 102 valence electrons. The zero-order valence-electron chi connectivity index (χ0n) is 10.3. The molecule has 2 aromatic heterocycles. The summed E-state index contributed by atoms with van der Waals surface area (Å²) < 4.78 is 26.9. The molecule has 0 radical (unpaired) electrons. The maximum absolute atomic E-state index is 12.2. The van der Waals surface area contributed by atoms with Crippen molar-refractivity contribution < 1.29 is 8.42 Å². The Hall–Kier alpha value is -1.51. The lowest BCUT2D eigenvalue weighted by molar-refractivity contribution is 0.578. The van der Waals surface area contributed by atoms with Crippen LogP contribution in [-0.2, 0) is 16.6 Å². The lowest BCUT2D eigenvalue weighted by atomic mass is 10.4. The highest BCUT2D eigenvalue weighted by Gasteiger charge is 2.19. The molecule has 0 saturated heterocycles. The van der Waals surface area contributed by atoms with Crippen molar-refractivity contribution in [3.05, 3.63) is 34.9 Å². The second-order valence-corrected chi connectivity index (χ2v) is 6.33. The Morgan fingerprint density at radius 3 is 2.95 bits per heavy atom. The molecule has 2 aromatic rings. The summed E-state index contributed by atoms with van der Waals surface area (Å²) >= 11 is 1.40. The van der Waals surface area contributed by atoms with E-state index in [9.17, 15) is 8.42 Å². The molecule has 0 aromatic carbocycles. The van der Waals surface area contributed by atoms with Gasteiger partial charge in [-0.25, -0.2) is 18.1 Å². The van der Waals surface area contributed by atoms with Crippen molar-refractivity contribution in [3.8, 4) is 0 Å². The first-order chi connectivity index (χ1) is 9.13.